The number of benzene rings is 7. The molecule has 0 N–H and O–H groups in total. The van der Waals surface area contributed by atoms with E-state index >= 15 is 0 Å². The van der Waals surface area contributed by atoms with Crippen LogP contribution in [-0.2, 0) is 11.8 Å². The summed E-state index contributed by atoms with van der Waals surface area (Å²) in [6.07, 6.45) is 0.926. The number of anilines is 3. The van der Waals surface area contributed by atoms with Crippen LogP contribution in [-0.4, -0.2) is 11.6 Å². The Bertz CT molecular complexity index is 2600. The van der Waals surface area contributed by atoms with E-state index < -0.39 is 0 Å². The van der Waals surface area contributed by atoms with Gasteiger partial charge in [0.05, 0.1) is 6.61 Å². The van der Waals surface area contributed by atoms with Gasteiger partial charge in [-0.25, -0.2) is 4.98 Å². The summed E-state index contributed by atoms with van der Waals surface area (Å²) < 4.78 is 12.6. The van der Waals surface area contributed by atoms with Gasteiger partial charge in [0.2, 0.25) is 5.89 Å². The number of hydrogen-bond acceptors (Lipinski definition) is 4. The minimum atomic E-state index is -0.210. The molecule has 0 amide bonds. The summed E-state index contributed by atoms with van der Waals surface area (Å²) >= 11 is 0. The molecule has 0 fully saturated rings. The van der Waals surface area contributed by atoms with Crippen LogP contribution in [0.25, 0.3) is 55.9 Å². The number of hydrogen-bond donors (Lipinski definition) is 0. The molecule has 1 aliphatic heterocycles. The molecule has 2 aliphatic rings. The van der Waals surface area contributed by atoms with Gasteiger partial charge in [-0.1, -0.05) is 117 Å². The minimum Gasteiger partial charge on any atom is -0.492 e. The summed E-state index contributed by atoms with van der Waals surface area (Å²) in [5.41, 5.74) is 16.7. The van der Waals surface area contributed by atoms with E-state index in [0.29, 0.717) is 12.5 Å². The Morgan fingerprint density at radius 1 is 0.558 bits per heavy atom. The summed E-state index contributed by atoms with van der Waals surface area (Å²) in [6.45, 7) is 5.41. The van der Waals surface area contributed by atoms with Gasteiger partial charge in [0.25, 0.3) is 0 Å². The first-order valence-electron chi connectivity index (χ1n) is 18.0. The number of fused-ring (bicyclic) bond motifs is 5. The first-order chi connectivity index (χ1) is 25.5. The van der Waals surface area contributed by atoms with Crippen molar-refractivity contribution < 1.29 is 9.15 Å². The Labute approximate surface area is 303 Å². The lowest BCUT2D eigenvalue weighted by Crippen LogP contribution is -2.17. The van der Waals surface area contributed by atoms with Gasteiger partial charge in [0, 0.05) is 40.0 Å². The molecule has 0 bridgehead atoms. The average molecular weight is 673 g/mol. The lowest BCUT2D eigenvalue weighted by molar-refractivity contribution is 0.358. The van der Waals surface area contributed by atoms with Gasteiger partial charge in [0.15, 0.2) is 5.58 Å². The third kappa shape index (κ3) is 4.86. The van der Waals surface area contributed by atoms with Crippen LogP contribution in [0.15, 0.2) is 162 Å². The molecular weight excluding hydrogens is 637 g/mol. The van der Waals surface area contributed by atoms with Crippen molar-refractivity contribution in [2.24, 2.45) is 0 Å². The average Bonchev–Trinajstić information content (AvgIpc) is 3.91. The van der Waals surface area contributed by atoms with Crippen molar-refractivity contribution in [2.45, 2.75) is 25.7 Å². The monoisotopic (exact) mass is 672 g/mol. The van der Waals surface area contributed by atoms with E-state index in [2.05, 4.69) is 152 Å². The van der Waals surface area contributed by atoms with Crippen molar-refractivity contribution in [3.8, 4) is 50.6 Å². The highest BCUT2D eigenvalue weighted by atomic mass is 16.5. The molecule has 0 spiro atoms. The van der Waals surface area contributed by atoms with Crippen LogP contribution in [0, 0.1) is 0 Å². The summed E-state index contributed by atoms with van der Waals surface area (Å²) in [6, 6.07) is 56.1. The highest BCUT2D eigenvalue weighted by Crippen LogP contribution is 2.56. The number of para-hydroxylation sites is 3. The first-order valence-corrected chi connectivity index (χ1v) is 18.0. The van der Waals surface area contributed by atoms with E-state index in [1.54, 1.807) is 0 Å². The van der Waals surface area contributed by atoms with E-state index in [-0.39, 0.29) is 5.41 Å². The van der Waals surface area contributed by atoms with Crippen LogP contribution in [0.2, 0.25) is 0 Å². The molecule has 250 valence electrons. The second kappa shape index (κ2) is 11.9. The molecule has 0 saturated heterocycles. The fraction of sp³-hybridized carbons (Fsp3) is 0.104. The SMILES string of the molecule is CC1(C)c2ccccc2-c2c(-c3cccc4c3OCC4)cc(N(c3ccc(-c4ccccc4)cc3)c3cccc(-c4nc5ccccc5o4)c3)cc21. The maximum absolute atomic E-state index is 6.37. The van der Waals surface area contributed by atoms with E-state index in [0.717, 1.165) is 51.5 Å². The topological polar surface area (TPSA) is 38.5 Å². The highest BCUT2D eigenvalue weighted by molar-refractivity contribution is 5.98. The molecule has 4 heteroatoms. The summed E-state index contributed by atoms with van der Waals surface area (Å²) in [7, 11) is 0. The standard InChI is InChI=1S/C48H36N2O2/c1-48(2)41-19-7-6-17-39(41)45-40(38-18-11-14-33-26-27-51-46(33)38)29-37(30-42(45)48)50(35-24-22-32(23-25-35)31-12-4-3-5-13-31)36-16-10-15-34(28-36)47-49-43-20-8-9-21-44(43)52-47/h3-25,28-30H,26-27H2,1-2H3. The van der Waals surface area contributed by atoms with E-state index in [9.17, 15) is 0 Å². The van der Waals surface area contributed by atoms with Gasteiger partial charge in [-0.2, -0.15) is 0 Å². The lowest BCUT2D eigenvalue weighted by atomic mass is 9.81. The molecule has 2 heterocycles. The van der Waals surface area contributed by atoms with Gasteiger partial charge in [-0.3, -0.25) is 0 Å². The van der Waals surface area contributed by atoms with Crippen molar-refractivity contribution in [1.29, 1.82) is 0 Å². The molecule has 1 aromatic heterocycles. The first kappa shape index (κ1) is 30.4. The van der Waals surface area contributed by atoms with Gasteiger partial charge < -0.3 is 14.1 Å². The normalized spacial score (nSPS) is 13.7. The molecule has 1 aliphatic carbocycles. The zero-order valence-electron chi connectivity index (χ0n) is 29.1. The zero-order valence-corrected chi connectivity index (χ0v) is 29.1. The van der Waals surface area contributed by atoms with Crippen molar-refractivity contribution in [3.63, 3.8) is 0 Å². The Hall–Kier alpha value is -6.39. The third-order valence-electron chi connectivity index (χ3n) is 10.8. The molecule has 4 nitrogen and oxygen atoms in total. The second-order valence-electron chi connectivity index (χ2n) is 14.3. The van der Waals surface area contributed by atoms with Crippen LogP contribution in [0.3, 0.4) is 0 Å². The maximum Gasteiger partial charge on any atom is 0.227 e. The van der Waals surface area contributed by atoms with Crippen molar-refractivity contribution in [1.82, 2.24) is 4.98 Å². The predicted octanol–water partition coefficient (Wildman–Crippen LogP) is 12.5. The molecule has 7 aromatic carbocycles. The predicted molar refractivity (Wildman–Crippen MR) is 212 cm³/mol. The fourth-order valence-electron chi connectivity index (χ4n) is 8.22. The summed E-state index contributed by atoms with van der Waals surface area (Å²) in [5.74, 6) is 1.60. The van der Waals surface area contributed by atoms with E-state index in [1.807, 2.05) is 24.3 Å². The van der Waals surface area contributed by atoms with Gasteiger partial charge in [-0.15, -0.1) is 0 Å². The number of aromatic nitrogens is 1. The zero-order chi connectivity index (χ0) is 34.8. The van der Waals surface area contributed by atoms with E-state index in [1.165, 1.54) is 44.5 Å². The van der Waals surface area contributed by atoms with Gasteiger partial charge >= 0.3 is 0 Å². The van der Waals surface area contributed by atoms with Crippen LogP contribution >= 0.6 is 0 Å². The van der Waals surface area contributed by atoms with Crippen molar-refractivity contribution in [3.05, 3.63) is 174 Å². The van der Waals surface area contributed by atoms with Gasteiger partial charge in [-0.05, 0) is 99.1 Å². The molecule has 10 rings (SSSR count). The number of nitrogens with zero attached hydrogens (tertiary/aromatic N) is 2. The van der Waals surface area contributed by atoms with Crippen LogP contribution in [0.1, 0.15) is 30.5 Å². The second-order valence-corrected chi connectivity index (χ2v) is 14.3. The maximum atomic E-state index is 6.37. The number of rotatable bonds is 6. The van der Waals surface area contributed by atoms with Gasteiger partial charge in [0.1, 0.15) is 11.3 Å². The largest absolute Gasteiger partial charge is 0.492 e. The molecular formula is C48H36N2O2. The minimum absolute atomic E-state index is 0.210. The Kier molecular flexibility index (Phi) is 6.94. The number of oxazole rings is 1. The fourth-order valence-corrected chi connectivity index (χ4v) is 8.22. The molecule has 52 heavy (non-hydrogen) atoms. The van der Waals surface area contributed by atoms with Crippen molar-refractivity contribution >= 4 is 28.2 Å². The third-order valence-corrected chi connectivity index (χ3v) is 10.8. The Morgan fingerprint density at radius 3 is 2.15 bits per heavy atom. The lowest BCUT2D eigenvalue weighted by Gasteiger charge is -2.29. The van der Waals surface area contributed by atoms with Crippen LogP contribution in [0.5, 0.6) is 5.75 Å². The van der Waals surface area contributed by atoms with Crippen LogP contribution < -0.4 is 9.64 Å². The molecule has 0 radical (unpaired) electrons. The quantitative estimate of drug-likeness (QED) is 0.176. The van der Waals surface area contributed by atoms with E-state index in [4.69, 9.17) is 14.1 Å². The Balaban J connectivity index is 1.21. The molecule has 0 saturated carbocycles. The number of ether oxygens (including phenoxy) is 1. The smallest absolute Gasteiger partial charge is 0.227 e. The Morgan fingerprint density at radius 2 is 1.29 bits per heavy atom. The summed E-state index contributed by atoms with van der Waals surface area (Å²) in [5, 5.41) is 0. The van der Waals surface area contributed by atoms with Crippen LogP contribution in [0.4, 0.5) is 17.1 Å². The summed E-state index contributed by atoms with van der Waals surface area (Å²) in [4.78, 5) is 7.22. The molecule has 0 unspecified atom stereocenters. The molecule has 0 atom stereocenters. The highest BCUT2D eigenvalue weighted by Gasteiger charge is 2.38. The van der Waals surface area contributed by atoms with Crippen molar-refractivity contribution in [2.75, 3.05) is 11.5 Å². The molecule has 8 aromatic rings.